The van der Waals surface area contributed by atoms with Crippen molar-refractivity contribution in [2.24, 2.45) is 7.05 Å². The summed E-state index contributed by atoms with van der Waals surface area (Å²) in [6.07, 6.45) is -1.19. The van der Waals surface area contributed by atoms with Gasteiger partial charge < -0.3 is 20.7 Å². The highest BCUT2D eigenvalue weighted by Crippen LogP contribution is 2.35. The number of likely N-dealkylation sites (tertiary alicyclic amines) is 1. The second-order valence-electron chi connectivity index (χ2n) is 12.3. The third-order valence-electron chi connectivity index (χ3n) is 8.86. The van der Waals surface area contributed by atoms with Crippen LogP contribution < -0.4 is 11.1 Å². The minimum atomic E-state index is -4.56. The van der Waals surface area contributed by atoms with Crippen molar-refractivity contribution in [1.82, 2.24) is 24.3 Å². The van der Waals surface area contributed by atoms with Crippen LogP contribution in [0.4, 0.5) is 29.6 Å². The van der Waals surface area contributed by atoms with Crippen LogP contribution in [0.1, 0.15) is 63.1 Å². The number of benzene rings is 2. The monoisotopic (exact) mass is 685 g/mol. The van der Waals surface area contributed by atoms with Crippen LogP contribution in [0.3, 0.4) is 0 Å². The molecule has 0 unspecified atom stereocenters. The van der Waals surface area contributed by atoms with E-state index in [9.17, 15) is 32.7 Å². The first kappa shape index (κ1) is 34.2. The molecular formula is C36H34F3N7O4. The first-order chi connectivity index (χ1) is 23.9. The summed E-state index contributed by atoms with van der Waals surface area (Å²) in [4.78, 5) is 48.5. The molecule has 2 aromatic carbocycles. The van der Waals surface area contributed by atoms with Gasteiger partial charge in [-0.25, -0.2) is 19.7 Å². The maximum Gasteiger partial charge on any atom is 0.416 e. The molecular weight excluding hydrogens is 651 g/mol. The van der Waals surface area contributed by atoms with E-state index in [2.05, 4.69) is 27.1 Å². The number of piperidine rings is 1. The second-order valence-corrected chi connectivity index (χ2v) is 12.3. The van der Waals surface area contributed by atoms with E-state index in [1.54, 1.807) is 41.9 Å². The minimum Gasteiger partial charge on any atom is -0.465 e. The number of hydrogen-bond donors (Lipinski definition) is 3. The number of anilines is 2. The molecule has 4 heterocycles. The molecule has 4 aromatic rings. The van der Waals surface area contributed by atoms with E-state index in [4.69, 9.17) is 5.73 Å². The zero-order chi connectivity index (χ0) is 35.6. The van der Waals surface area contributed by atoms with Crippen LogP contribution in [0.25, 0.3) is 11.4 Å². The van der Waals surface area contributed by atoms with Gasteiger partial charge in [-0.1, -0.05) is 36.5 Å². The predicted molar refractivity (Wildman–Crippen MR) is 179 cm³/mol. The Morgan fingerprint density at radius 2 is 1.82 bits per heavy atom. The van der Waals surface area contributed by atoms with E-state index in [1.165, 1.54) is 18.3 Å². The van der Waals surface area contributed by atoms with Gasteiger partial charge in [0, 0.05) is 49.7 Å². The van der Waals surface area contributed by atoms with Crippen LogP contribution in [0.2, 0.25) is 0 Å². The van der Waals surface area contributed by atoms with Crippen LogP contribution in [-0.4, -0.2) is 67.0 Å². The zero-order valence-corrected chi connectivity index (χ0v) is 27.2. The van der Waals surface area contributed by atoms with Gasteiger partial charge in [-0.3, -0.25) is 14.5 Å². The number of nitrogen functional groups attached to an aromatic ring is 1. The van der Waals surface area contributed by atoms with Crippen LogP contribution in [0, 0.1) is 11.8 Å². The fourth-order valence-electron chi connectivity index (χ4n) is 6.39. The van der Waals surface area contributed by atoms with Gasteiger partial charge >= 0.3 is 12.3 Å². The van der Waals surface area contributed by atoms with Crippen LogP contribution >= 0.6 is 0 Å². The lowest BCUT2D eigenvalue weighted by Gasteiger charge is -2.27. The Morgan fingerprint density at radius 1 is 1.04 bits per heavy atom. The first-order valence-corrected chi connectivity index (χ1v) is 16.1. The van der Waals surface area contributed by atoms with E-state index < -0.39 is 29.6 Å². The quantitative estimate of drug-likeness (QED) is 0.231. The Bertz CT molecular complexity index is 2040. The molecule has 0 saturated carbocycles. The van der Waals surface area contributed by atoms with E-state index >= 15 is 0 Å². The summed E-state index contributed by atoms with van der Waals surface area (Å²) in [5.74, 6) is 4.95. The number of rotatable bonds is 6. The van der Waals surface area contributed by atoms with Crippen molar-refractivity contribution in [3.8, 4) is 23.2 Å². The van der Waals surface area contributed by atoms with Gasteiger partial charge in [0.25, 0.3) is 5.91 Å². The van der Waals surface area contributed by atoms with Gasteiger partial charge in [-0.05, 0) is 67.4 Å². The molecule has 11 nitrogen and oxygen atoms in total. The number of carbonyl (C=O) groups excluding carboxylic acids is 2. The van der Waals surface area contributed by atoms with Crippen LogP contribution in [0.15, 0.2) is 54.7 Å². The predicted octanol–water partition coefficient (Wildman–Crippen LogP) is 5.33. The summed E-state index contributed by atoms with van der Waals surface area (Å²) in [6, 6.07) is 12.4. The van der Waals surface area contributed by atoms with Gasteiger partial charge in [0.2, 0.25) is 11.9 Å². The lowest BCUT2D eigenvalue weighted by atomic mass is 10.0. The summed E-state index contributed by atoms with van der Waals surface area (Å²) in [5.41, 5.74) is 8.71. The van der Waals surface area contributed by atoms with E-state index in [0.29, 0.717) is 40.2 Å². The number of fused-ring (bicyclic) bond motifs is 1. The Kier molecular flexibility index (Phi) is 9.61. The SMILES string of the molecule is Cn1c(-c2nc(N)ncc2C#Cc2cccc(CC(=O)Nc3ccc(CN4CCCCC4)c(C(F)(F)F)c3)c2)cc2c1CCN(C(=O)O)C2=O. The molecule has 3 amide bonds. The molecule has 0 aliphatic carbocycles. The maximum atomic E-state index is 14.0. The van der Waals surface area contributed by atoms with Gasteiger partial charge in [0.05, 0.1) is 28.8 Å². The van der Waals surface area contributed by atoms with E-state index in [0.717, 1.165) is 43.3 Å². The Balaban J connectivity index is 1.19. The lowest BCUT2D eigenvalue weighted by Crippen LogP contribution is -2.41. The molecule has 0 atom stereocenters. The number of nitrogens with zero attached hydrogens (tertiary/aromatic N) is 5. The van der Waals surface area contributed by atoms with E-state index in [-0.39, 0.29) is 42.3 Å². The first-order valence-electron chi connectivity index (χ1n) is 16.1. The molecule has 0 radical (unpaired) electrons. The number of nitrogens with one attached hydrogen (secondary N) is 1. The summed E-state index contributed by atoms with van der Waals surface area (Å²) in [7, 11) is 1.75. The molecule has 4 N–H and O–H groups in total. The zero-order valence-electron chi connectivity index (χ0n) is 27.2. The number of halogens is 3. The fourth-order valence-corrected chi connectivity index (χ4v) is 6.39. The molecule has 50 heavy (non-hydrogen) atoms. The van der Waals surface area contributed by atoms with Gasteiger partial charge in [0.1, 0.15) is 5.69 Å². The van der Waals surface area contributed by atoms with Crippen molar-refractivity contribution in [1.29, 1.82) is 0 Å². The van der Waals surface area contributed by atoms with E-state index in [1.807, 2.05) is 4.90 Å². The van der Waals surface area contributed by atoms with Crippen molar-refractivity contribution < 1.29 is 32.7 Å². The average molecular weight is 686 g/mol. The molecule has 2 aromatic heterocycles. The summed E-state index contributed by atoms with van der Waals surface area (Å²) >= 11 is 0. The third kappa shape index (κ3) is 7.47. The van der Waals surface area contributed by atoms with Crippen molar-refractivity contribution in [2.45, 2.75) is 44.8 Å². The number of aromatic nitrogens is 3. The Morgan fingerprint density at radius 3 is 2.56 bits per heavy atom. The molecule has 6 rings (SSSR count). The maximum absolute atomic E-state index is 14.0. The molecule has 14 heteroatoms. The Labute approximate surface area is 285 Å². The highest BCUT2D eigenvalue weighted by molar-refractivity contribution is 6.05. The van der Waals surface area contributed by atoms with Crippen molar-refractivity contribution in [2.75, 3.05) is 30.7 Å². The number of imide groups is 1. The lowest BCUT2D eigenvalue weighted by molar-refractivity contribution is -0.138. The highest BCUT2D eigenvalue weighted by Gasteiger charge is 2.35. The minimum absolute atomic E-state index is 0.0183. The second kappa shape index (κ2) is 14.0. The van der Waals surface area contributed by atoms with Crippen molar-refractivity contribution in [3.05, 3.63) is 93.8 Å². The van der Waals surface area contributed by atoms with Gasteiger partial charge in [0.15, 0.2) is 0 Å². The van der Waals surface area contributed by atoms with Gasteiger partial charge in [-0.2, -0.15) is 13.2 Å². The number of carbonyl (C=O) groups is 3. The number of carboxylic acid groups (broad SMARTS) is 1. The number of alkyl halides is 3. The standard InChI is InChI=1S/C36H34F3N7O4/c1-44-29-12-15-46(35(49)50)33(48)27(29)19-30(44)32-24(20-41-34(40)43-32)9-8-22-6-5-7-23(16-22)17-31(47)42-26-11-10-25(28(18-26)36(37,38)39)21-45-13-3-2-4-14-45/h5-7,10-11,16,18-20H,2-4,12-15,17,21H2,1H3,(H,42,47)(H,49,50)(H2,40,41,43). The topological polar surface area (TPSA) is 147 Å². The summed E-state index contributed by atoms with van der Waals surface area (Å²) < 4.78 is 43.7. The summed E-state index contributed by atoms with van der Waals surface area (Å²) in [5, 5.41) is 12.0. The van der Waals surface area contributed by atoms with Gasteiger partial charge in [-0.15, -0.1) is 0 Å². The summed E-state index contributed by atoms with van der Waals surface area (Å²) in [6.45, 7) is 1.77. The molecule has 2 aliphatic rings. The fraction of sp³-hybridized carbons (Fsp3) is 0.306. The number of hydrogen-bond acceptors (Lipinski definition) is 7. The largest absolute Gasteiger partial charge is 0.465 e. The molecule has 1 fully saturated rings. The molecule has 0 bridgehead atoms. The normalized spacial score (nSPS) is 14.9. The van der Waals surface area contributed by atoms with Crippen molar-refractivity contribution in [3.63, 3.8) is 0 Å². The molecule has 2 aliphatic heterocycles. The number of nitrogens with two attached hydrogens (primary N) is 1. The average Bonchev–Trinajstić information content (AvgIpc) is 3.41. The Hall–Kier alpha value is -5.68. The molecule has 0 spiro atoms. The third-order valence-corrected chi connectivity index (χ3v) is 8.86. The van der Waals surface area contributed by atoms with Crippen LogP contribution in [-0.2, 0) is 37.4 Å². The number of amides is 3. The van der Waals surface area contributed by atoms with Crippen LogP contribution in [0.5, 0.6) is 0 Å². The van der Waals surface area contributed by atoms with Crippen molar-refractivity contribution >= 4 is 29.5 Å². The smallest absolute Gasteiger partial charge is 0.416 e. The molecule has 1 saturated heterocycles. The highest BCUT2D eigenvalue weighted by atomic mass is 19.4. The molecule has 258 valence electrons.